The number of rotatable bonds is 5. The average Bonchev–Trinajstić information content (AvgIpc) is 3.24. The second-order valence-electron chi connectivity index (χ2n) is 14.1. The molecule has 6 nitrogen and oxygen atoms in total. The first kappa shape index (κ1) is 31.8. The maximum atomic E-state index is 6.56. The first-order chi connectivity index (χ1) is 26.6. The normalized spacial score (nSPS) is 16.8. The van der Waals surface area contributed by atoms with Gasteiger partial charge in [-0.3, -0.25) is 4.98 Å². The molecular formula is C48H38N6. The lowest BCUT2D eigenvalue weighted by Crippen LogP contribution is -2.30. The van der Waals surface area contributed by atoms with Gasteiger partial charge in [0.1, 0.15) is 0 Å². The fourth-order valence-electron chi connectivity index (χ4n) is 8.08. The van der Waals surface area contributed by atoms with E-state index in [2.05, 4.69) is 150 Å². The summed E-state index contributed by atoms with van der Waals surface area (Å²) in [6.07, 6.45) is 25.8. The van der Waals surface area contributed by atoms with E-state index in [4.69, 9.17) is 15.7 Å². The van der Waals surface area contributed by atoms with Crippen molar-refractivity contribution in [2.24, 2.45) is 0 Å². The quantitative estimate of drug-likeness (QED) is 0.134. The van der Waals surface area contributed by atoms with Crippen molar-refractivity contribution in [2.75, 3.05) is 29.5 Å². The number of anilines is 3. The highest BCUT2D eigenvalue weighted by Crippen LogP contribution is 2.41. The molecule has 6 heteroatoms. The van der Waals surface area contributed by atoms with E-state index in [1.807, 2.05) is 25.3 Å². The zero-order valence-corrected chi connectivity index (χ0v) is 29.9. The Kier molecular flexibility index (Phi) is 7.62. The summed E-state index contributed by atoms with van der Waals surface area (Å²) in [5.41, 5.74) is 24.8. The number of nitrogens with one attached hydrogen (secondary N) is 3. The monoisotopic (exact) mass is 698 g/mol. The minimum atomic E-state index is 0.0550. The van der Waals surface area contributed by atoms with Crippen LogP contribution in [-0.4, -0.2) is 29.1 Å². The molecule has 10 rings (SSSR count). The number of dihydropyridines is 1. The van der Waals surface area contributed by atoms with Crippen LogP contribution in [-0.2, 0) is 0 Å². The molecule has 3 aliphatic heterocycles. The molecular weight excluding hydrogens is 661 g/mol. The number of pyridine rings is 2. The Morgan fingerprint density at radius 3 is 2.48 bits per heavy atom. The van der Waals surface area contributed by atoms with E-state index in [9.17, 15) is 0 Å². The van der Waals surface area contributed by atoms with E-state index in [1.165, 1.54) is 22.3 Å². The van der Waals surface area contributed by atoms with Crippen LogP contribution in [0.1, 0.15) is 34.7 Å². The minimum Gasteiger partial charge on any atom is -0.397 e. The molecule has 1 aliphatic carbocycles. The molecule has 0 fully saturated rings. The molecule has 0 spiro atoms. The van der Waals surface area contributed by atoms with Crippen molar-refractivity contribution in [1.29, 1.82) is 0 Å². The van der Waals surface area contributed by atoms with Crippen LogP contribution >= 0.6 is 0 Å². The number of nitrogen functional groups attached to an aromatic ring is 1. The maximum Gasteiger partial charge on any atom is 0.0946 e. The molecule has 54 heavy (non-hydrogen) atoms. The van der Waals surface area contributed by atoms with Crippen LogP contribution in [0.5, 0.6) is 0 Å². The molecule has 4 aromatic carbocycles. The third kappa shape index (κ3) is 5.42. The number of nitrogens with two attached hydrogens (primary N) is 1. The standard InChI is InChI=1S/C48H38N6/c1-2-6-35-25-39(37-8-4-23-51-47(37)45(35)49)30-12-10-29(11-13-30)33-16-14-31-18-20-41(53-43(31)27-33)34-17-15-32-19-21-42(54-44(32)28-34)40-26-36-7-3-22-50-46(36)48-38(40)9-5-24-52-48/h2-21,24-28,43,50-51,53H,22-23,49H2,1H3/b6-2-. The Hall–Kier alpha value is -6.92. The third-order valence-corrected chi connectivity index (χ3v) is 10.8. The molecule has 5 heterocycles. The van der Waals surface area contributed by atoms with Crippen molar-refractivity contribution in [3.63, 3.8) is 0 Å². The predicted octanol–water partition coefficient (Wildman–Crippen LogP) is 10.5. The average molecular weight is 699 g/mol. The molecule has 2 aromatic heterocycles. The molecule has 4 aliphatic rings. The second kappa shape index (κ2) is 12.9. The van der Waals surface area contributed by atoms with Crippen molar-refractivity contribution in [1.82, 2.24) is 15.3 Å². The van der Waals surface area contributed by atoms with Crippen LogP contribution < -0.4 is 21.7 Å². The molecule has 0 saturated heterocycles. The Balaban J connectivity index is 0.935. The van der Waals surface area contributed by atoms with Crippen molar-refractivity contribution in [3.8, 4) is 22.4 Å². The molecule has 0 radical (unpaired) electrons. The van der Waals surface area contributed by atoms with Crippen molar-refractivity contribution in [2.45, 2.75) is 13.0 Å². The van der Waals surface area contributed by atoms with Gasteiger partial charge < -0.3 is 21.7 Å². The largest absolute Gasteiger partial charge is 0.397 e. The van der Waals surface area contributed by atoms with Gasteiger partial charge in [-0.15, -0.1) is 0 Å². The second-order valence-corrected chi connectivity index (χ2v) is 14.1. The fourth-order valence-corrected chi connectivity index (χ4v) is 8.08. The molecule has 0 bridgehead atoms. The van der Waals surface area contributed by atoms with Crippen LogP contribution in [0.4, 0.5) is 17.1 Å². The zero-order valence-electron chi connectivity index (χ0n) is 29.9. The number of allylic oxidation sites excluding steroid dienone is 5. The van der Waals surface area contributed by atoms with Crippen molar-refractivity contribution in [3.05, 3.63) is 167 Å². The minimum absolute atomic E-state index is 0.0550. The number of hydrogen-bond donors (Lipinski definition) is 4. The van der Waals surface area contributed by atoms with Gasteiger partial charge in [0.2, 0.25) is 0 Å². The van der Waals surface area contributed by atoms with Crippen molar-refractivity contribution < 1.29 is 0 Å². The molecule has 0 saturated carbocycles. The Morgan fingerprint density at radius 2 is 1.59 bits per heavy atom. The fraction of sp³-hybridized carbons (Fsp3) is 0.0833. The molecule has 5 N–H and O–H groups in total. The van der Waals surface area contributed by atoms with Gasteiger partial charge in [0.15, 0.2) is 0 Å². The van der Waals surface area contributed by atoms with E-state index in [-0.39, 0.29) is 6.04 Å². The maximum absolute atomic E-state index is 6.56. The number of hydrogen-bond acceptors (Lipinski definition) is 6. The summed E-state index contributed by atoms with van der Waals surface area (Å²) in [6.45, 7) is 3.60. The number of fused-ring (bicyclic) bond motifs is 6. The molecule has 1 unspecified atom stereocenters. The zero-order chi connectivity index (χ0) is 36.2. The summed E-state index contributed by atoms with van der Waals surface area (Å²) in [5.74, 6) is 0. The van der Waals surface area contributed by atoms with Gasteiger partial charge in [-0.1, -0.05) is 109 Å². The van der Waals surface area contributed by atoms with Gasteiger partial charge in [-0.25, -0.2) is 4.98 Å². The summed E-state index contributed by atoms with van der Waals surface area (Å²) in [6, 6.07) is 28.3. The van der Waals surface area contributed by atoms with E-state index in [1.54, 1.807) is 0 Å². The lowest BCUT2D eigenvalue weighted by Gasteiger charge is -2.27. The molecule has 260 valence electrons. The number of aromatic nitrogens is 2. The summed E-state index contributed by atoms with van der Waals surface area (Å²) >= 11 is 0. The van der Waals surface area contributed by atoms with E-state index in [0.29, 0.717) is 0 Å². The highest BCUT2D eigenvalue weighted by Gasteiger charge is 2.22. The Morgan fingerprint density at radius 1 is 0.778 bits per heavy atom. The molecule has 6 aromatic rings. The van der Waals surface area contributed by atoms with E-state index < -0.39 is 0 Å². The SMILES string of the molecule is C/C=C\c1cc(-c2ccc(C3=CC4NC(c5ccc6ccc(-c7cc8c(c9ncccc79)NCC=C8)nc6c5)=CC=C4C=C3)cc2)c2c(c1N)NCC=C2. The predicted molar refractivity (Wildman–Crippen MR) is 229 cm³/mol. The molecule has 0 amide bonds. The Labute approximate surface area is 314 Å². The Bertz CT molecular complexity index is 2760. The van der Waals surface area contributed by atoms with Gasteiger partial charge in [-0.2, -0.15) is 0 Å². The topological polar surface area (TPSA) is 87.9 Å². The molecule has 1 atom stereocenters. The first-order valence-electron chi connectivity index (χ1n) is 18.5. The van der Waals surface area contributed by atoms with Crippen LogP contribution in [0.15, 0.2) is 139 Å². The number of nitrogens with zero attached hydrogens (tertiary/aromatic N) is 2. The van der Waals surface area contributed by atoms with Gasteiger partial charge in [0.05, 0.1) is 39.8 Å². The van der Waals surface area contributed by atoms with Gasteiger partial charge in [0, 0.05) is 52.4 Å². The highest BCUT2D eigenvalue weighted by molar-refractivity contribution is 6.05. The van der Waals surface area contributed by atoms with Gasteiger partial charge in [0.25, 0.3) is 0 Å². The smallest absolute Gasteiger partial charge is 0.0946 e. The lowest BCUT2D eigenvalue weighted by molar-refractivity contribution is 0.815. The van der Waals surface area contributed by atoms with Gasteiger partial charge >= 0.3 is 0 Å². The number of benzene rings is 4. The third-order valence-electron chi connectivity index (χ3n) is 10.8. The highest BCUT2D eigenvalue weighted by atomic mass is 14.9. The van der Waals surface area contributed by atoms with Crippen molar-refractivity contribution >= 4 is 68.4 Å². The van der Waals surface area contributed by atoms with Crippen LogP contribution in [0.2, 0.25) is 0 Å². The van der Waals surface area contributed by atoms with Gasteiger partial charge in [-0.05, 0) is 82.3 Å². The summed E-state index contributed by atoms with van der Waals surface area (Å²) in [4.78, 5) is 9.97. The van der Waals surface area contributed by atoms with E-state index in [0.717, 1.165) is 96.7 Å². The lowest BCUT2D eigenvalue weighted by atomic mass is 9.88. The van der Waals surface area contributed by atoms with E-state index >= 15 is 0 Å². The first-order valence-corrected chi connectivity index (χ1v) is 18.5. The summed E-state index contributed by atoms with van der Waals surface area (Å²) in [5, 5.41) is 13.0. The van der Waals surface area contributed by atoms with Crippen LogP contribution in [0, 0.1) is 0 Å². The summed E-state index contributed by atoms with van der Waals surface area (Å²) < 4.78 is 0. The van der Waals surface area contributed by atoms with Crippen LogP contribution in [0.3, 0.4) is 0 Å². The van der Waals surface area contributed by atoms with Crippen LogP contribution in [0.25, 0.3) is 73.7 Å². The summed E-state index contributed by atoms with van der Waals surface area (Å²) in [7, 11) is 0.